The molecule has 0 spiro atoms. The maximum atomic E-state index is 12.9. The molecule has 6 nitrogen and oxygen atoms in total. The molecular formula is C21H14BrN3O3. The van der Waals surface area contributed by atoms with E-state index >= 15 is 0 Å². The first-order valence-corrected chi connectivity index (χ1v) is 9.23. The minimum atomic E-state index is -0.771. The standard InChI is InChI=1S/C21H14BrN3O3/c22-15-5-4-8-17(12-15)25-20(27)18(19(26)23-21(25)28)11-14-9-10-24(13-14)16-6-2-1-3-7-16/h1-13H,(H,23,26,28)/b18-11-. The summed E-state index contributed by atoms with van der Waals surface area (Å²) in [5.41, 5.74) is 1.89. The maximum Gasteiger partial charge on any atom is 0.335 e. The molecule has 3 aromatic rings. The molecule has 1 N–H and O–H groups in total. The van der Waals surface area contributed by atoms with E-state index in [1.807, 2.05) is 47.3 Å². The Kier molecular flexibility index (Phi) is 4.67. The van der Waals surface area contributed by atoms with E-state index in [-0.39, 0.29) is 5.57 Å². The van der Waals surface area contributed by atoms with Crippen molar-refractivity contribution in [2.24, 2.45) is 0 Å². The highest BCUT2D eigenvalue weighted by Gasteiger charge is 2.36. The fourth-order valence-corrected chi connectivity index (χ4v) is 3.32. The van der Waals surface area contributed by atoms with Gasteiger partial charge in [-0.3, -0.25) is 14.9 Å². The highest BCUT2D eigenvalue weighted by molar-refractivity contribution is 9.10. The van der Waals surface area contributed by atoms with Crippen molar-refractivity contribution in [2.45, 2.75) is 0 Å². The normalized spacial score (nSPS) is 15.8. The topological polar surface area (TPSA) is 71.4 Å². The number of hydrogen-bond acceptors (Lipinski definition) is 3. The minimum absolute atomic E-state index is 0.106. The second kappa shape index (κ2) is 7.28. The number of nitrogens with zero attached hydrogens (tertiary/aromatic N) is 2. The summed E-state index contributed by atoms with van der Waals surface area (Å²) in [6.45, 7) is 0. The maximum absolute atomic E-state index is 12.9. The summed E-state index contributed by atoms with van der Waals surface area (Å²) in [4.78, 5) is 38.4. The van der Waals surface area contributed by atoms with Gasteiger partial charge in [0.25, 0.3) is 11.8 Å². The quantitative estimate of drug-likeness (QED) is 0.500. The number of para-hydroxylation sites is 1. The molecule has 138 valence electrons. The van der Waals surface area contributed by atoms with Crippen molar-refractivity contribution in [1.29, 1.82) is 0 Å². The van der Waals surface area contributed by atoms with Crippen LogP contribution in [-0.4, -0.2) is 22.4 Å². The lowest BCUT2D eigenvalue weighted by Crippen LogP contribution is -2.54. The zero-order valence-electron chi connectivity index (χ0n) is 14.5. The van der Waals surface area contributed by atoms with Gasteiger partial charge in [0.1, 0.15) is 5.57 Å². The molecule has 1 fully saturated rings. The van der Waals surface area contributed by atoms with Crippen molar-refractivity contribution in [3.63, 3.8) is 0 Å². The van der Waals surface area contributed by atoms with Crippen LogP contribution < -0.4 is 10.2 Å². The molecule has 2 aromatic carbocycles. The number of amides is 4. The Balaban J connectivity index is 1.69. The Morgan fingerprint density at radius 3 is 2.39 bits per heavy atom. The van der Waals surface area contributed by atoms with Crippen molar-refractivity contribution in [3.05, 3.63) is 88.7 Å². The SMILES string of the molecule is O=C1NC(=O)N(c2cccc(Br)c2)C(=O)/C1=C\c1ccn(-c2ccccc2)c1. The largest absolute Gasteiger partial charge is 0.335 e. The summed E-state index contributed by atoms with van der Waals surface area (Å²) in [6, 6.07) is 17.4. The number of halogens is 1. The summed E-state index contributed by atoms with van der Waals surface area (Å²) in [6.07, 6.45) is 5.13. The second-order valence-electron chi connectivity index (χ2n) is 6.13. The van der Waals surface area contributed by atoms with E-state index in [4.69, 9.17) is 0 Å². The molecular weight excluding hydrogens is 422 g/mol. The number of aromatic nitrogens is 1. The fourth-order valence-electron chi connectivity index (χ4n) is 2.93. The van der Waals surface area contributed by atoms with Gasteiger partial charge in [0.15, 0.2) is 0 Å². The van der Waals surface area contributed by atoms with Crippen LogP contribution in [0.5, 0.6) is 0 Å². The fraction of sp³-hybridized carbons (Fsp3) is 0. The Hall–Kier alpha value is -3.45. The molecule has 0 unspecified atom stereocenters. The van der Waals surface area contributed by atoms with Crippen LogP contribution in [0.1, 0.15) is 5.56 Å². The molecule has 28 heavy (non-hydrogen) atoms. The van der Waals surface area contributed by atoms with Crippen LogP contribution in [0.25, 0.3) is 11.8 Å². The van der Waals surface area contributed by atoms with Crippen LogP contribution in [0, 0.1) is 0 Å². The van der Waals surface area contributed by atoms with E-state index in [9.17, 15) is 14.4 Å². The highest BCUT2D eigenvalue weighted by atomic mass is 79.9. The Morgan fingerprint density at radius 2 is 1.64 bits per heavy atom. The zero-order chi connectivity index (χ0) is 19.7. The molecule has 2 heterocycles. The molecule has 4 amide bonds. The van der Waals surface area contributed by atoms with Gasteiger partial charge in [-0.2, -0.15) is 0 Å². The number of benzene rings is 2. The van der Waals surface area contributed by atoms with Gasteiger partial charge in [0, 0.05) is 22.6 Å². The van der Waals surface area contributed by atoms with E-state index in [0.717, 1.165) is 10.6 Å². The van der Waals surface area contributed by atoms with E-state index in [0.29, 0.717) is 15.7 Å². The summed E-state index contributed by atoms with van der Waals surface area (Å²) in [5, 5.41) is 2.22. The molecule has 4 rings (SSSR count). The van der Waals surface area contributed by atoms with Gasteiger partial charge in [-0.25, -0.2) is 9.69 Å². The first-order valence-electron chi connectivity index (χ1n) is 8.43. The number of hydrogen-bond donors (Lipinski definition) is 1. The van der Waals surface area contributed by atoms with Gasteiger partial charge in [0.05, 0.1) is 5.69 Å². The van der Waals surface area contributed by atoms with E-state index in [2.05, 4.69) is 21.2 Å². The molecule has 7 heteroatoms. The molecule has 0 atom stereocenters. The summed E-state index contributed by atoms with van der Waals surface area (Å²) in [5.74, 6) is -1.38. The molecule has 0 radical (unpaired) electrons. The van der Waals surface area contributed by atoms with E-state index in [1.54, 1.807) is 30.3 Å². The number of carbonyl (C=O) groups is 3. The predicted octanol–water partition coefficient (Wildman–Crippen LogP) is 3.91. The first kappa shape index (κ1) is 17.9. The monoisotopic (exact) mass is 435 g/mol. The van der Waals surface area contributed by atoms with Gasteiger partial charge in [-0.15, -0.1) is 0 Å². The molecule has 1 saturated heterocycles. The molecule has 0 aliphatic carbocycles. The van der Waals surface area contributed by atoms with Crippen LogP contribution in [0.3, 0.4) is 0 Å². The van der Waals surface area contributed by atoms with Crippen molar-refractivity contribution >= 4 is 45.5 Å². The van der Waals surface area contributed by atoms with Gasteiger partial charge >= 0.3 is 6.03 Å². The average Bonchev–Trinajstić information content (AvgIpc) is 3.14. The lowest BCUT2D eigenvalue weighted by molar-refractivity contribution is -0.122. The van der Waals surface area contributed by atoms with E-state index in [1.165, 1.54) is 6.08 Å². The Labute approximate surface area is 169 Å². The van der Waals surface area contributed by atoms with Crippen LogP contribution in [0.2, 0.25) is 0 Å². The van der Waals surface area contributed by atoms with Gasteiger partial charge in [0.2, 0.25) is 0 Å². The third-order valence-electron chi connectivity index (χ3n) is 4.25. The number of urea groups is 1. The second-order valence-corrected chi connectivity index (χ2v) is 7.04. The number of carbonyl (C=O) groups excluding carboxylic acids is 3. The third kappa shape index (κ3) is 3.39. The number of rotatable bonds is 3. The third-order valence-corrected chi connectivity index (χ3v) is 4.74. The van der Waals surface area contributed by atoms with Crippen LogP contribution in [0.15, 0.2) is 83.1 Å². The lowest BCUT2D eigenvalue weighted by Gasteiger charge is -2.26. The number of barbiturate groups is 1. The molecule has 1 aromatic heterocycles. The van der Waals surface area contributed by atoms with Crippen LogP contribution in [-0.2, 0) is 9.59 Å². The summed E-state index contributed by atoms with van der Waals surface area (Å²) < 4.78 is 2.60. The summed E-state index contributed by atoms with van der Waals surface area (Å²) >= 11 is 3.32. The van der Waals surface area contributed by atoms with Crippen molar-refractivity contribution < 1.29 is 14.4 Å². The van der Waals surface area contributed by atoms with Crippen molar-refractivity contribution in [1.82, 2.24) is 9.88 Å². The molecule has 0 bridgehead atoms. The predicted molar refractivity (Wildman–Crippen MR) is 109 cm³/mol. The van der Waals surface area contributed by atoms with Crippen LogP contribution in [0.4, 0.5) is 10.5 Å². The smallest absolute Gasteiger partial charge is 0.323 e. The lowest BCUT2D eigenvalue weighted by atomic mass is 10.1. The van der Waals surface area contributed by atoms with Crippen LogP contribution >= 0.6 is 15.9 Å². The Bertz CT molecular complexity index is 1120. The van der Waals surface area contributed by atoms with Crippen molar-refractivity contribution in [3.8, 4) is 5.69 Å². The van der Waals surface area contributed by atoms with Gasteiger partial charge in [-0.05, 0) is 48.0 Å². The summed E-state index contributed by atoms with van der Waals surface area (Å²) in [7, 11) is 0. The minimum Gasteiger partial charge on any atom is -0.323 e. The molecule has 1 aliphatic rings. The molecule has 1 aliphatic heterocycles. The van der Waals surface area contributed by atoms with Crippen molar-refractivity contribution in [2.75, 3.05) is 4.90 Å². The number of imide groups is 2. The first-order chi connectivity index (χ1) is 13.5. The Morgan fingerprint density at radius 1 is 0.893 bits per heavy atom. The van der Waals surface area contributed by atoms with Gasteiger partial charge in [-0.1, -0.05) is 40.2 Å². The zero-order valence-corrected chi connectivity index (χ0v) is 16.1. The molecule has 0 saturated carbocycles. The average molecular weight is 436 g/mol. The van der Waals surface area contributed by atoms with Gasteiger partial charge < -0.3 is 4.57 Å². The van der Waals surface area contributed by atoms with E-state index < -0.39 is 17.8 Å². The highest BCUT2D eigenvalue weighted by Crippen LogP contribution is 2.25. The number of anilines is 1. The number of nitrogens with one attached hydrogen (secondary N) is 1.